The largest absolute Gasteiger partial charge is 0.323 e. The lowest BCUT2D eigenvalue weighted by atomic mass is 10.0. The molecular formula is C18H16Cl2N4O3. The molecule has 0 aliphatic heterocycles. The molecule has 1 aromatic carbocycles. The van der Waals surface area contributed by atoms with Gasteiger partial charge in [0.1, 0.15) is 5.69 Å². The number of anilines is 1. The molecule has 1 N–H and O–H groups in total. The summed E-state index contributed by atoms with van der Waals surface area (Å²) < 4.78 is 1.15. The molecule has 0 aliphatic rings. The second kappa shape index (κ2) is 9.31. The molecule has 0 bridgehead atoms. The summed E-state index contributed by atoms with van der Waals surface area (Å²) in [5.74, 6) is -3.29. The third kappa shape index (κ3) is 5.16. The quantitative estimate of drug-likeness (QED) is 0.560. The second-order valence-corrected chi connectivity index (χ2v) is 6.52. The predicted octanol–water partition coefficient (Wildman–Crippen LogP) is 3.31. The molecule has 27 heavy (non-hydrogen) atoms. The molecule has 9 heteroatoms. The maximum atomic E-state index is 12.6. The van der Waals surface area contributed by atoms with E-state index in [9.17, 15) is 19.6 Å². The number of halogens is 2. The van der Waals surface area contributed by atoms with Gasteiger partial charge in [-0.1, -0.05) is 36.5 Å². The normalized spacial score (nSPS) is 11.5. The van der Waals surface area contributed by atoms with Gasteiger partial charge in [-0.05, 0) is 30.7 Å². The van der Waals surface area contributed by atoms with E-state index in [1.54, 1.807) is 6.07 Å². The van der Waals surface area contributed by atoms with Crippen molar-refractivity contribution >= 4 is 40.6 Å². The van der Waals surface area contributed by atoms with Gasteiger partial charge in [-0.3, -0.25) is 14.4 Å². The van der Waals surface area contributed by atoms with Gasteiger partial charge in [0.05, 0.1) is 16.8 Å². The number of nitrogens with zero attached hydrogens (tertiary/aromatic N) is 3. The third-order valence-electron chi connectivity index (χ3n) is 3.69. The molecule has 7 nitrogen and oxygen atoms in total. The number of ketones is 1. The summed E-state index contributed by atoms with van der Waals surface area (Å²) in [5.41, 5.74) is -0.263. The number of unbranched alkanes of at least 4 members (excludes halogenated alkanes) is 1. The first-order chi connectivity index (χ1) is 12.9. The molecule has 0 saturated heterocycles. The Bertz CT molecular complexity index is 966. The Labute approximate surface area is 165 Å². The third-order valence-corrected chi connectivity index (χ3v) is 4.23. The highest BCUT2D eigenvalue weighted by atomic mass is 35.5. The van der Waals surface area contributed by atoms with Gasteiger partial charge in [0.2, 0.25) is 11.7 Å². The molecule has 1 heterocycles. The minimum Gasteiger partial charge on any atom is -0.323 e. The summed E-state index contributed by atoms with van der Waals surface area (Å²) in [6.07, 6.45) is 1.55. The van der Waals surface area contributed by atoms with Crippen molar-refractivity contribution in [3.8, 4) is 6.07 Å². The van der Waals surface area contributed by atoms with E-state index in [1.807, 2.05) is 6.92 Å². The highest BCUT2D eigenvalue weighted by Gasteiger charge is 2.29. The Morgan fingerprint density at radius 3 is 2.67 bits per heavy atom. The fourth-order valence-corrected chi connectivity index (χ4v) is 2.68. The van der Waals surface area contributed by atoms with Gasteiger partial charge in [-0.2, -0.15) is 10.4 Å². The van der Waals surface area contributed by atoms with E-state index in [0.717, 1.165) is 11.1 Å². The van der Waals surface area contributed by atoms with Crippen LogP contribution in [0.25, 0.3) is 0 Å². The van der Waals surface area contributed by atoms with E-state index in [4.69, 9.17) is 23.2 Å². The summed E-state index contributed by atoms with van der Waals surface area (Å²) in [5, 5.41) is 16.3. The van der Waals surface area contributed by atoms with Crippen LogP contribution in [0.15, 0.2) is 35.1 Å². The fraction of sp³-hybridized carbons (Fsp3) is 0.278. The Morgan fingerprint density at radius 1 is 1.30 bits per heavy atom. The number of nitriles is 1. The lowest BCUT2D eigenvalue weighted by Crippen LogP contribution is -2.31. The van der Waals surface area contributed by atoms with Crippen molar-refractivity contribution in [2.75, 3.05) is 5.32 Å². The zero-order valence-electron chi connectivity index (χ0n) is 14.4. The number of carbonyl (C=O) groups is 2. The lowest BCUT2D eigenvalue weighted by Gasteiger charge is -2.11. The minimum absolute atomic E-state index is 0.130. The van der Waals surface area contributed by atoms with E-state index >= 15 is 0 Å². The molecule has 1 amide bonds. The highest BCUT2D eigenvalue weighted by Crippen LogP contribution is 2.26. The van der Waals surface area contributed by atoms with E-state index in [-0.39, 0.29) is 22.0 Å². The van der Waals surface area contributed by atoms with Crippen molar-refractivity contribution in [3.05, 3.63) is 56.4 Å². The van der Waals surface area contributed by atoms with E-state index in [2.05, 4.69) is 10.4 Å². The van der Waals surface area contributed by atoms with Gasteiger partial charge >= 0.3 is 0 Å². The van der Waals surface area contributed by atoms with E-state index in [1.165, 1.54) is 30.3 Å². The van der Waals surface area contributed by atoms with E-state index < -0.39 is 17.6 Å². The maximum Gasteiger partial charge on any atom is 0.266 e. The number of amides is 1. The average Bonchev–Trinajstić information content (AvgIpc) is 2.64. The molecule has 1 aromatic heterocycles. The molecule has 0 spiro atoms. The Hall–Kier alpha value is -2.69. The average molecular weight is 407 g/mol. The standard InChI is InChI=1S/C18H16Cl2N4O3/c1-2-3-8-24-16(25)7-6-15(23-24)17(26)12(10-21)18(27)22-14-5-4-11(19)9-13(14)20/h4-7,9,12H,2-3,8H2,1H3,(H,22,27). The van der Waals surface area contributed by atoms with Crippen LogP contribution in [0.5, 0.6) is 0 Å². The second-order valence-electron chi connectivity index (χ2n) is 5.67. The van der Waals surface area contributed by atoms with Crippen LogP contribution in [-0.4, -0.2) is 21.5 Å². The number of hydrogen-bond donors (Lipinski definition) is 1. The number of carbonyl (C=O) groups excluding carboxylic acids is 2. The van der Waals surface area contributed by atoms with Crippen LogP contribution in [0.2, 0.25) is 10.0 Å². The van der Waals surface area contributed by atoms with Crippen molar-refractivity contribution in [2.24, 2.45) is 5.92 Å². The number of Topliss-reactive ketones (excluding diaryl/α,β-unsaturated/α-hetero) is 1. The van der Waals surface area contributed by atoms with Crippen LogP contribution < -0.4 is 10.9 Å². The van der Waals surface area contributed by atoms with Gasteiger partial charge in [0.15, 0.2) is 5.92 Å². The predicted molar refractivity (Wildman–Crippen MR) is 102 cm³/mol. The van der Waals surface area contributed by atoms with E-state index in [0.29, 0.717) is 18.0 Å². The highest BCUT2D eigenvalue weighted by molar-refractivity contribution is 6.36. The fourth-order valence-electron chi connectivity index (χ4n) is 2.23. The number of benzene rings is 1. The van der Waals surface area contributed by atoms with Crippen molar-refractivity contribution in [1.82, 2.24) is 9.78 Å². The smallest absolute Gasteiger partial charge is 0.266 e. The van der Waals surface area contributed by atoms with Crippen molar-refractivity contribution in [1.29, 1.82) is 5.26 Å². The molecular weight excluding hydrogens is 391 g/mol. The molecule has 0 fully saturated rings. The Kier molecular flexibility index (Phi) is 7.11. The van der Waals surface area contributed by atoms with Crippen LogP contribution in [0, 0.1) is 17.2 Å². The summed E-state index contributed by atoms with van der Waals surface area (Å²) in [6, 6.07) is 8.47. The van der Waals surface area contributed by atoms with Gasteiger partial charge in [0.25, 0.3) is 5.56 Å². The Balaban J connectivity index is 2.23. The maximum absolute atomic E-state index is 12.6. The Morgan fingerprint density at radius 2 is 2.04 bits per heavy atom. The first-order valence-electron chi connectivity index (χ1n) is 8.15. The molecule has 0 aliphatic carbocycles. The molecule has 1 atom stereocenters. The van der Waals surface area contributed by atoms with Crippen LogP contribution in [0.4, 0.5) is 5.69 Å². The number of rotatable bonds is 7. The molecule has 0 saturated carbocycles. The molecule has 2 rings (SSSR count). The summed E-state index contributed by atoms with van der Waals surface area (Å²) in [7, 11) is 0. The summed E-state index contributed by atoms with van der Waals surface area (Å²) >= 11 is 11.8. The van der Waals surface area contributed by atoms with Crippen LogP contribution >= 0.6 is 23.2 Å². The molecule has 1 unspecified atom stereocenters. The monoisotopic (exact) mass is 406 g/mol. The zero-order chi connectivity index (χ0) is 20.0. The number of aromatic nitrogens is 2. The van der Waals surface area contributed by atoms with Gasteiger partial charge in [-0.15, -0.1) is 0 Å². The van der Waals surface area contributed by atoms with Crippen molar-refractivity contribution < 1.29 is 9.59 Å². The lowest BCUT2D eigenvalue weighted by molar-refractivity contribution is -0.117. The zero-order valence-corrected chi connectivity index (χ0v) is 15.9. The van der Waals surface area contributed by atoms with Crippen molar-refractivity contribution in [3.63, 3.8) is 0 Å². The molecule has 2 aromatic rings. The molecule has 0 radical (unpaired) electrons. The number of nitrogens with one attached hydrogen (secondary N) is 1. The number of hydrogen-bond acceptors (Lipinski definition) is 5. The van der Waals surface area contributed by atoms with Gasteiger partial charge in [-0.25, -0.2) is 4.68 Å². The van der Waals surface area contributed by atoms with Crippen LogP contribution in [-0.2, 0) is 11.3 Å². The van der Waals surface area contributed by atoms with Crippen molar-refractivity contribution in [2.45, 2.75) is 26.3 Å². The van der Waals surface area contributed by atoms with Gasteiger partial charge < -0.3 is 5.32 Å². The minimum atomic E-state index is -1.64. The SMILES string of the molecule is CCCCn1nc(C(=O)C(C#N)C(=O)Nc2ccc(Cl)cc2Cl)ccc1=O. The number of aryl methyl sites for hydroxylation is 1. The van der Waals surface area contributed by atoms with Gasteiger partial charge in [0, 0.05) is 17.6 Å². The topological polar surface area (TPSA) is 105 Å². The summed E-state index contributed by atoms with van der Waals surface area (Å²) in [4.78, 5) is 36.7. The van der Waals surface area contributed by atoms with Crippen LogP contribution in [0.3, 0.4) is 0 Å². The molecule has 140 valence electrons. The summed E-state index contributed by atoms with van der Waals surface area (Å²) in [6.45, 7) is 2.30. The first-order valence-corrected chi connectivity index (χ1v) is 8.91. The first kappa shape index (κ1) is 20.6. The van der Waals surface area contributed by atoms with Crippen LogP contribution in [0.1, 0.15) is 30.3 Å².